The molecule has 2 nitrogen and oxygen atoms in total. The molecule has 0 atom stereocenters. The summed E-state index contributed by atoms with van der Waals surface area (Å²) in [4.78, 5) is 1.81. The Balaban J connectivity index is 4.19. The summed E-state index contributed by atoms with van der Waals surface area (Å²) in [7, 11) is 2.06. The van der Waals surface area contributed by atoms with Crippen LogP contribution in [-0.2, 0) is 9.52 Å². The van der Waals surface area contributed by atoms with Gasteiger partial charge >= 0.3 is 0 Å². The van der Waals surface area contributed by atoms with Gasteiger partial charge in [0, 0.05) is 18.0 Å². The molecule has 3 heteroatoms. The first kappa shape index (κ1) is 7.98. The van der Waals surface area contributed by atoms with Crippen molar-refractivity contribution in [3.8, 4) is 0 Å². The first-order valence-electron chi connectivity index (χ1n) is 2.37. The Morgan fingerprint density at radius 3 is 1.75 bits per heavy atom. The van der Waals surface area contributed by atoms with Gasteiger partial charge in [-0.3, -0.25) is 9.11 Å². The molecule has 0 fully saturated rings. The minimum atomic E-state index is -1.67. The standard InChI is InChI=1S/C5H13NOS/c1-6(2)5-8(3,4)7/h5H,1-4H3. The summed E-state index contributed by atoms with van der Waals surface area (Å²) in [5, 5.41) is 0. The molecule has 0 aliphatic carbocycles. The maximum absolute atomic E-state index is 10.9. The summed E-state index contributed by atoms with van der Waals surface area (Å²) in [6.45, 7) is 0. The van der Waals surface area contributed by atoms with E-state index >= 15 is 0 Å². The Morgan fingerprint density at radius 2 is 1.75 bits per heavy atom. The first-order valence-corrected chi connectivity index (χ1v) is 4.81. The van der Waals surface area contributed by atoms with Gasteiger partial charge in [0.2, 0.25) is 0 Å². The lowest BCUT2D eigenvalue weighted by atomic mass is 11.0. The molecule has 0 unspecified atom stereocenters. The van der Waals surface area contributed by atoms with E-state index in [2.05, 4.69) is 0 Å². The highest BCUT2D eigenvalue weighted by Gasteiger charge is 1.86. The topological polar surface area (TPSA) is 20.3 Å². The Morgan fingerprint density at radius 1 is 1.38 bits per heavy atom. The number of nitrogens with zero attached hydrogens (tertiary/aromatic N) is 1. The van der Waals surface area contributed by atoms with Gasteiger partial charge in [0.15, 0.2) is 0 Å². The molecule has 0 bridgehead atoms. The minimum Gasteiger partial charge on any atom is -0.281 e. The molecule has 0 N–H and O–H groups in total. The van der Waals surface area contributed by atoms with Gasteiger partial charge in [0.25, 0.3) is 0 Å². The van der Waals surface area contributed by atoms with Crippen LogP contribution in [0.1, 0.15) is 0 Å². The van der Waals surface area contributed by atoms with Crippen molar-refractivity contribution in [2.45, 2.75) is 0 Å². The summed E-state index contributed by atoms with van der Waals surface area (Å²) in [6, 6.07) is 0. The maximum atomic E-state index is 10.9. The Hall–Kier alpha value is -0.0200. The van der Waals surface area contributed by atoms with E-state index in [0.29, 0.717) is 0 Å². The highest BCUT2D eigenvalue weighted by Crippen LogP contribution is 1.75. The smallest absolute Gasteiger partial charge is 0.0326 e. The van der Waals surface area contributed by atoms with Crippen molar-refractivity contribution in [1.82, 2.24) is 4.90 Å². The van der Waals surface area contributed by atoms with Crippen molar-refractivity contribution < 1.29 is 4.21 Å². The first-order chi connectivity index (χ1) is 3.42. The van der Waals surface area contributed by atoms with Crippen molar-refractivity contribution in [1.29, 1.82) is 0 Å². The summed E-state index contributed by atoms with van der Waals surface area (Å²) >= 11 is 0. The Kier molecular flexibility index (Phi) is 2.50. The van der Waals surface area contributed by atoms with E-state index < -0.39 is 9.52 Å². The van der Waals surface area contributed by atoms with Crippen molar-refractivity contribution in [2.24, 2.45) is 0 Å². The molecule has 0 aliphatic heterocycles. The normalized spacial score (nSPS) is 12.1. The van der Waals surface area contributed by atoms with Crippen LogP contribution in [0.3, 0.4) is 0 Å². The van der Waals surface area contributed by atoms with E-state index in [0.717, 1.165) is 0 Å². The van der Waals surface area contributed by atoms with Gasteiger partial charge in [0.1, 0.15) is 0 Å². The molecule has 0 aromatic carbocycles. The van der Waals surface area contributed by atoms with E-state index in [4.69, 9.17) is 0 Å². The van der Waals surface area contributed by atoms with E-state index in [1.807, 2.05) is 19.0 Å². The van der Waals surface area contributed by atoms with Gasteiger partial charge in [-0.1, -0.05) is 0 Å². The zero-order valence-corrected chi connectivity index (χ0v) is 6.66. The van der Waals surface area contributed by atoms with Crippen LogP contribution < -0.4 is 0 Å². The molecule has 0 spiro atoms. The van der Waals surface area contributed by atoms with Crippen LogP contribution in [0.25, 0.3) is 0 Å². The van der Waals surface area contributed by atoms with E-state index in [1.165, 1.54) is 0 Å². The third-order valence-corrected chi connectivity index (χ3v) is 1.39. The largest absolute Gasteiger partial charge is 0.281 e. The molecular weight excluding hydrogens is 122 g/mol. The lowest BCUT2D eigenvalue weighted by molar-refractivity contribution is 0.647. The van der Waals surface area contributed by atoms with Gasteiger partial charge < -0.3 is 0 Å². The molecule has 0 aromatic heterocycles. The van der Waals surface area contributed by atoms with Crippen molar-refractivity contribution >= 4 is 15.0 Å². The molecule has 0 rings (SSSR count). The lowest BCUT2D eigenvalue weighted by Crippen LogP contribution is -2.14. The van der Waals surface area contributed by atoms with Crippen LogP contribution in [0.15, 0.2) is 0 Å². The SMILES string of the molecule is CN(C)C=S(C)(C)=O. The van der Waals surface area contributed by atoms with Gasteiger partial charge in [-0.15, -0.1) is 0 Å². The number of hydrogen-bond donors (Lipinski definition) is 0. The fourth-order valence-corrected chi connectivity index (χ4v) is 1.52. The third kappa shape index (κ3) is 5.98. The van der Waals surface area contributed by atoms with Crippen molar-refractivity contribution in [3.63, 3.8) is 0 Å². The van der Waals surface area contributed by atoms with E-state index in [9.17, 15) is 4.21 Å². The fraction of sp³-hybridized carbons (Fsp3) is 0.800. The van der Waals surface area contributed by atoms with Crippen molar-refractivity contribution in [2.75, 3.05) is 26.6 Å². The van der Waals surface area contributed by atoms with Crippen LogP contribution in [0, 0.1) is 0 Å². The maximum Gasteiger partial charge on any atom is 0.0326 e. The molecule has 0 aliphatic rings. The second kappa shape index (κ2) is 2.51. The van der Waals surface area contributed by atoms with Crippen LogP contribution in [0.4, 0.5) is 0 Å². The molecule has 0 radical (unpaired) electrons. The Labute approximate surface area is 51.5 Å². The van der Waals surface area contributed by atoms with Crippen LogP contribution >= 0.6 is 0 Å². The zero-order chi connectivity index (χ0) is 6.78. The van der Waals surface area contributed by atoms with Crippen molar-refractivity contribution in [3.05, 3.63) is 0 Å². The summed E-state index contributed by atoms with van der Waals surface area (Å²) < 4.78 is 10.9. The molecular formula is C5H13NOS. The highest BCUT2D eigenvalue weighted by atomic mass is 32.2. The summed E-state index contributed by atoms with van der Waals surface area (Å²) in [6.07, 6.45) is 3.43. The molecule has 0 aromatic rings. The fourth-order valence-electron chi connectivity index (χ4n) is 0.508. The second-order valence-electron chi connectivity index (χ2n) is 2.38. The summed E-state index contributed by atoms with van der Waals surface area (Å²) in [5.74, 6) is 0. The quantitative estimate of drug-likeness (QED) is 0.466. The number of hydrogen-bond acceptors (Lipinski definition) is 1. The van der Waals surface area contributed by atoms with Gasteiger partial charge in [-0.05, 0) is 23.6 Å². The van der Waals surface area contributed by atoms with Crippen LogP contribution in [0.2, 0.25) is 0 Å². The predicted molar refractivity (Wildman–Crippen MR) is 39.7 cm³/mol. The molecule has 0 heterocycles. The molecule has 50 valence electrons. The van der Waals surface area contributed by atoms with Gasteiger partial charge in [-0.25, -0.2) is 0 Å². The molecule has 8 heavy (non-hydrogen) atoms. The van der Waals surface area contributed by atoms with E-state index in [1.54, 1.807) is 18.0 Å². The predicted octanol–water partition coefficient (Wildman–Crippen LogP) is -0.148. The lowest BCUT2D eigenvalue weighted by Gasteiger charge is -2.01. The molecule has 0 amide bonds. The molecule has 0 saturated carbocycles. The molecule has 0 saturated heterocycles. The number of rotatable bonds is 1. The third-order valence-electron chi connectivity index (χ3n) is 0.465. The van der Waals surface area contributed by atoms with Gasteiger partial charge in [-0.2, -0.15) is 0 Å². The van der Waals surface area contributed by atoms with Crippen LogP contribution in [0.5, 0.6) is 0 Å². The van der Waals surface area contributed by atoms with E-state index in [-0.39, 0.29) is 0 Å². The monoisotopic (exact) mass is 135 g/mol. The van der Waals surface area contributed by atoms with Gasteiger partial charge in [0.05, 0.1) is 0 Å². The minimum absolute atomic E-state index is 1.67. The second-order valence-corrected chi connectivity index (χ2v) is 5.21. The van der Waals surface area contributed by atoms with Crippen LogP contribution in [-0.4, -0.2) is 41.2 Å². The average molecular weight is 135 g/mol. The Bertz CT molecular complexity index is 157. The average Bonchev–Trinajstić information content (AvgIpc) is 1.21. The highest BCUT2D eigenvalue weighted by molar-refractivity contribution is 7.99. The summed E-state index contributed by atoms with van der Waals surface area (Å²) in [5.41, 5.74) is 1.72. The zero-order valence-electron chi connectivity index (χ0n) is 5.84.